The quantitative estimate of drug-likeness (QED) is 0.333. The van der Waals surface area contributed by atoms with E-state index in [4.69, 9.17) is 10.2 Å². The third-order valence-corrected chi connectivity index (χ3v) is 0. The Morgan fingerprint density at radius 2 is 1.40 bits per heavy atom. The van der Waals surface area contributed by atoms with Gasteiger partial charge in [0.25, 0.3) is 0 Å². The van der Waals surface area contributed by atoms with Crippen molar-refractivity contribution in [1.29, 1.82) is 0 Å². The first-order chi connectivity index (χ1) is 1.73. The monoisotopic (exact) mass is 214 g/mol. The maximum atomic E-state index is 8.70. The van der Waals surface area contributed by atoms with Crippen LogP contribution in [-0.4, -0.2) is 54.1 Å². The van der Waals surface area contributed by atoms with Gasteiger partial charge in [0, 0.05) is 0 Å². The molecule has 0 aliphatic heterocycles. The van der Waals surface area contributed by atoms with Gasteiger partial charge in [-0.3, -0.25) is 0 Å². The molecule has 0 heterocycles. The summed E-state index contributed by atoms with van der Waals surface area (Å²) in [6.07, 6.45) is 0. The summed E-state index contributed by atoms with van der Waals surface area (Å²) < 4.78 is 0. The molecule has 0 aromatic rings. The van der Waals surface area contributed by atoms with E-state index < -0.39 is 5.24 Å². The fourth-order valence-corrected chi connectivity index (χ4v) is 0. The third kappa shape index (κ3) is 35.2. The maximum absolute atomic E-state index is 8.70. The molecule has 0 amide bonds. The number of rotatable bonds is 0. The number of hydrogen-bond donors (Lipinski definition) is 0. The first kappa shape index (κ1) is 9.54. The molecule has 24 valence electrons. The van der Waals surface area contributed by atoms with Gasteiger partial charge in [-0.2, -0.15) is 0 Å². The Morgan fingerprint density at radius 1 is 1.40 bits per heavy atom. The van der Waals surface area contributed by atoms with E-state index in [1.54, 1.807) is 0 Å². The average molecular weight is 213 g/mol. The van der Waals surface area contributed by atoms with E-state index in [1.165, 1.54) is 0 Å². The van der Waals surface area contributed by atoms with Gasteiger partial charge in [-0.25, -0.2) is 0 Å². The van der Waals surface area contributed by atoms with Gasteiger partial charge in [0.15, 0.2) is 0 Å². The van der Waals surface area contributed by atoms with Crippen LogP contribution < -0.4 is 10.2 Å². The molecule has 0 atom stereocenters. The van der Waals surface area contributed by atoms with Crippen molar-refractivity contribution < 1.29 is 10.2 Å². The van der Waals surface area contributed by atoms with Gasteiger partial charge in [-0.15, -0.1) is 17.5 Å². The normalized spacial score (nSPS) is 4.80. The summed E-state index contributed by atoms with van der Waals surface area (Å²) in [5.74, 6) is 0. The van der Waals surface area contributed by atoms with Gasteiger partial charge in [-0.1, -0.05) is 0 Å². The largest absolute Gasteiger partial charge is 2.00 e. The van der Waals surface area contributed by atoms with Gasteiger partial charge >= 0.3 is 48.9 Å². The maximum Gasteiger partial charge on any atom is 2.00 e. The molecule has 0 N–H and O–H groups in total. The summed E-state index contributed by atoms with van der Waals surface area (Å²) >= 11 is 3.43. The van der Waals surface area contributed by atoms with Crippen LogP contribution in [0.1, 0.15) is 0 Å². The molecule has 0 spiro atoms. The Hall–Kier alpha value is 1.26. The van der Waals surface area contributed by atoms with Crippen molar-refractivity contribution in [2.24, 2.45) is 0 Å². The summed E-state index contributed by atoms with van der Waals surface area (Å²) in [5, 5.41) is 15.9. The van der Waals surface area contributed by atoms with Gasteiger partial charge < -0.3 is 10.2 Å². The van der Waals surface area contributed by atoms with Crippen molar-refractivity contribution in [2.75, 3.05) is 0 Å². The zero-order valence-electron chi connectivity index (χ0n) is 2.43. The molecule has 0 aromatic carbocycles. The molecule has 2 nitrogen and oxygen atoms in total. The molecular formula is CBaO2S. The zero-order valence-corrected chi connectivity index (χ0v) is 7.69. The summed E-state index contributed by atoms with van der Waals surface area (Å²) in [6.45, 7) is 0. The molecule has 4 heteroatoms. The Labute approximate surface area is 75.3 Å². The Kier molecular flexibility index (Phi) is 10.0. The molecule has 5 heavy (non-hydrogen) atoms. The second kappa shape index (κ2) is 5.26. The van der Waals surface area contributed by atoms with E-state index in [-0.39, 0.29) is 48.9 Å². The van der Waals surface area contributed by atoms with Gasteiger partial charge in [0.05, 0.1) is 0 Å². The van der Waals surface area contributed by atoms with Crippen LogP contribution in [0, 0.1) is 0 Å². The molecule has 0 radical (unpaired) electrons. The summed E-state index contributed by atoms with van der Waals surface area (Å²) in [5.41, 5.74) is 0. The molecule has 0 saturated heterocycles. The minimum Gasteiger partial charge on any atom is -0.876 e. The number of hydrogen-bond acceptors (Lipinski definition) is 3. The number of thiocarbonyl (C=S) groups is 1. The Bertz CT molecular complexity index is 32.6. The van der Waals surface area contributed by atoms with Crippen molar-refractivity contribution in [2.45, 2.75) is 0 Å². The molecule has 0 fully saturated rings. The van der Waals surface area contributed by atoms with Crippen molar-refractivity contribution >= 4 is 66.3 Å². The summed E-state index contributed by atoms with van der Waals surface area (Å²) in [6, 6.07) is 0. The fraction of sp³-hybridized carbons (Fsp3) is 0. The summed E-state index contributed by atoms with van der Waals surface area (Å²) in [7, 11) is 0. The van der Waals surface area contributed by atoms with Crippen LogP contribution in [0.25, 0.3) is 0 Å². The van der Waals surface area contributed by atoms with E-state index in [9.17, 15) is 0 Å². The van der Waals surface area contributed by atoms with Crippen LogP contribution in [0.2, 0.25) is 0 Å². The van der Waals surface area contributed by atoms with Crippen LogP contribution in [-0.2, 0) is 0 Å². The first-order valence-corrected chi connectivity index (χ1v) is 1.02. The molecule has 0 rings (SSSR count). The summed E-state index contributed by atoms with van der Waals surface area (Å²) in [4.78, 5) is 0. The standard InChI is InChI=1S/CH2O2S.Ba/c2-1(3)4;/h(H2,2,3,4);/q;+2/p-2. The van der Waals surface area contributed by atoms with Gasteiger partial charge in [-0.05, 0) is 0 Å². The molecule has 0 unspecified atom stereocenters. The minimum atomic E-state index is -1.50. The van der Waals surface area contributed by atoms with E-state index in [1.807, 2.05) is 0 Å². The van der Waals surface area contributed by atoms with Crippen molar-refractivity contribution in [3.63, 3.8) is 0 Å². The molecule has 0 aliphatic carbocycles. The predicted octanol–water partition coefficient (Wildman–Crippen LogP) is -2.39. The smallest absolute Gasteiger partial charge is 0.876 e. The second-order valence-corrected chi connectivity index (χ2v) is 0.583. The first-order valence-electron chi connectivity index (χ1n) is 0.612. The Balaban J connectivity index is 0. The average Bonchev–Trinajstić information content (AvgIpc) is 0.811. The molecule has 0 aliphatic rings. The van der Waals surface area contributed by atoms with Crippen LogP contribution >= 0.6 is 12.2 Å². The van der Waals surface area contributed by atoms with Crippen molar-refractivity contribution in [3.8, 4) is 0 Å². The SMILES string of the molecule is [Ba+2].[O-]C([O-])=S. The zero-order chi connectivity index (χ0) is 3.58. The molecular weight excluding hydrogens is 213 g/mol. The molecule has 0 bridgehead atoms. The van der Waals surface area contributed by atoms with E-state index >= 15 is 0 Å². The van der Waals surface area contributed by atoms with Crippen LogP contribution in [0.5, 0.6) is 0 Å². The molecule has 0 saturated carbocycles. The topological polar surface area (TPSA) is 46.1 Å². The fourth-order valence-electron chi connectivity index (χ4n) is 0. The molecule has 0 aromatic heterocycles. The van der Waals surface area contributed by atoms with E-state index in [0.29, 0.717) is 0 Å². The van der Waals surface area contributed by atoms with Gasteiger partial charge in [0.1, 0.15) is 0 Å². The Morgan fingerprint density at radius 3 is 1.40 bits per heavy atom. The third-order valence-electron chi connectivity index (χ3n) is 0. The van der Waals surface area contributed by atoms with Crippen LogP contribution in [0.4, 0.5) is 0 Å². The predicted molar refractivity (Wildman–Crippen MR) is 18.4 cm³/mol. The van der Waals surface area contributed by atoms with Crippen LogP contribution in [0.3, 0.4) is 0 Å². The van der Waals surface area contributed by atoms with E-state index in [0.717, 1.165) is 0 Å². The van der Waals surface area contributed by atoms with Crippen LogP contribution in [0.15, 0.2) is 0 Å². The van der Waals surface area contributed by atoms with Gasteiger partial charge in [0.2, 0.25) is 0 Å². The minimum absolute atomic E-state index is 0. The second-order valence-electron chi connectivity index (χ2n) is 0.250. The van der Waals surface area contributed by atoms with Crippen molar-refractivity contribution in [3.05, 3.63) is 0 Å². The van der Waals surface area contributed by atoms with Crippen molar-refractivity contribution in [1.82, 2.24) is 0 Å². The van der Waals surface area contributed by atoms with E-state index in [2.05, 4.69) is 12.2 Å².